The summed E-state index contributed by atoms with van der Waals surface area (Å²) in [5, 5.41) is 22.2. The van der Waals surface area contributed by atoms with Crippen LogP contribution in [0.25, 0.3) is 32.8 Å². The van der Waals surface area contributed by atoms with E-state index in [1.54, 1.807) is 49.0 Å². The van der Waals surface area contributed by atoms with Gasteiger partial charge >= 0.3 is 6.01 Å². The van der Waals surface area contributed by atoms with Crippen molar-refractivity contribution in [1.29, 1.82) is 0 Å². The fourth-order valence-electron chi connectivity index (χ4n) is 6.24. The van der Waals surface area contributed by atoms with Gasteiger partial charge in [-0.25, -0.2) is 17.6 Å². The highest BCUT2D eigenvalue weighted by Gasteiger charge is 2.71. The molecule has 2 fully saturated rings. The maximum Gasteiger partial charge on any atom is 0.319 e. The van der Waals surface area contributed by atoms with Gasteiger partial charge in [0.15, 0.2) is 5.82 Å². The molecule has 0 radical (unpaired) electrons. The minimum absolute atomic E-state index is 0.0172. The molecular formula is C31H31ClF4N4O3. The third-order valence-corrected chi connectivity index (χ3v) is 8.62. The maximum absolute atomic E-state index is 16.6. The summed E-state index contributed by atoms with van der Waals surface area (Å²) in [7, 11) is 3.37. The Morgan fingerprint density at radius 3 is 2.56 bits per heavy atom. The summed E-state index contributed by atoms with van der Waals surface area (Å²) in [5.41, 5.74) is -3.29. The number of anilines is 1. The van der Waals surface area contributed by atoms with Crippen LogP contribution in [-0.2, 0) is 0 Å². The lowest BCUT2D eigenvalue weighted by Gasteiger charge is -2.38. The summed E-state index contributed by atoms with van der Waals surface area (Å²) in [6.07, 6.45) is 0.739. The number of fused-ring (bicyclic) bond motifs is 2. The van der Waals surface area contributed by atoms with E-state index < -0.39 is 40.7 Å². The number of aromatic nitrogens is 2. The third-order valence-electron chi connectivity index (χ3n) is 8.30. The van der Waals surface area contributed by atoms with E-state index in [0.717, 1.165) is 6.07 Å². The van der Waals surface area contributed by atoms with Crippen molar-refractivity contribution in [2.45, 2.75) is 37.7 Å². The Morgan fingerprint density at radius 2 is 1.88 bits per heavy atom. The quantitative estimate of drug-likeness (QED) is 0.232. The standard InChI is InChI=1S/C31H31ClF4N4O3/c1-29(42)8-5-9-40(14-29)27-20-12-22(33)24(19-11-18(41)10-17-6-4-7-21(32)23(17)19)25(34)26(20)37-28(38-27)43-16-30(15-39(2)3)13-31(30,35)36/h4,6-7,10-12,41-42H,5,8-9,13-16H2,1-3H3/t29-,30-/m1/s1. The number of phenols is 1. The zero-order valence-corrected chi connectivity index (χ0v) is 24.7. The second kappa shape index (κ2) is 10.3. The molecule has 1 saturated heterocycles. The van der Waals surface area contributed by atoms with Gasteiger partial charge in [-0.2, -0.15) is 9.97 Å². The van der Waals surface area contributed by atoms with Crippen molar-refractivity contribution in [3.63, 3.8) is 0 Å². The molecule has 4 aromatic rings. The molecule has 0 spiro atoms. The number of nitrogens with zero attached hydrogens (tertiary/aromatic N) is 4. The zero-order valence-electron chi connectivity index (χ0n) is 23.9. The van der Waals surface area contributed by atoms with E-state index in [4.69, 9.17) is 16.3 Å². The van der Waals surface area contributed by atoms with Crippen LogP contribution >= 0.6 is 11.6 Å². The molecule has 2 aliphatic rings. The molecule has 2 atom stereocenters. The molecule has 2 N–H and O–H groups in total. The highest BCUT2D eigenvalue weighted by Crippen LogP contribution is 2.60. The van der Waals surface area contributed by atoms with Crippen molar-refractivity contribution >= 4 is 39.1 Å². The number of piperidine rings is 1. The van der Waals surface area contributed by atoms with Gasteiger partial charge in [-0.05, 0) is 63.5 Å². The summed E-state index contributed by atoms with van der Waals surface area (Å²) >= 11 is 6.45. The van der Waals surface area contributed by atoms with E-state index in [0.29, 0.717) is 30.2 Å². The van der Waals surface area contributed by atoms with Crippen LogP contribution in [0, 0.1) is 17.0 Å². The normalized spacial score (nSPS) is 23.3. The molecule has 0 bridgehead atoms. The topological polar surface area (TPSA) is 82.0 Å². The molecule has 228 valence electrons. The Kier molecular flexibility index (Phi) is 7.14. The average molecular weight is 619 g/mol. The monoisotopic (exact) mass is 618 g/mol. The summed E-state index contributed by atoms with van der Waals surface area (Å²) in [6.45, 7) is 1.87. The van der Waals surface area contributed by atoms with Crippen LogP contribution in [-0.4, -0.2) is 76.9 Å². The third kappa shape index (κ3) is 5.32. The Balaban J connectivity index is 1.53. The van der Waals surface area contributed by atoms with Gasteiger partial charge in [-0.3, -0.25) is 0 Å². The van der Waals surface area contributed by atoms with Crippen molar-refractivity contribution in [3.8, 4) is 22.9 Å². The second-order valence-electron chi connectivity index (χ2n) is 12.3. The van der Waals surface area contributed by atoms with Crippen LogP contribution in [0.5, 0.6) is 11.8 Å². The van der Waals surface area contributed by atoms with E-state index in [-0.39, 0.29) is 58.6 Å². The Bertz CT molecular complexity index is 1750. The lowest BCUT2D eigenvalue weighted by atomic mass is 9.94. The number of β-amino-alcohol motifs (C(OH)–C–C–N with tert-alkyl or cyclic N) is 1. The fourth-order valence-corrected chi connectivity index (χ4v) is 6.52. The van der Waals surface area contributed by atoms with Crippen LogP contribution in [0.1, 0.15) is 26.2 Å². The minimum atomic E-state index is -2.94. The largest absolute Gasteiger partial charge is 0.508 e. The van der Waals surface area contributed by atoms with Gasteiger partial charge in [-0.1, -0.05) is 23.7 Å². The molecule has 0 unspecified atom stereocenters. The van der Waals surface area contributed by atoms with E-state index >= 15 is 8.78 Å². The van der Waals surface area contributed by atoms with Gasteiger partial charge in [0.2, 0.25) is 0 Å². The molecule has 1 aliphatic carbocycles. The van der Waals surface area contributed by atoms with Crippen LogP contribution in [0.3, 0.4) is 0 Å². The number of ether oxygens (including phenoxy) is 1. The number of aliphatic hydroxyl groups is 1. The summed E-state index contributed by atoms with van der Waals surface area (Å²) < 4.78 is 67.2. The number of rotatable bonds is 7. The highest BCUT2D eigenvalue weighted by molar-refractivity contribution is 6.36. The number of aromatic hydroxyl groups is 1. The Hall–Kier alpha value is -3.41. The first-order chi connectivity index (χ1) is 20.2. The second-order valence-corrected chi connectivity index (χ2v) is 12.7. The average Bonchev–Trinajstić information content (AvgIpc) is 3.44. The highest BCUT2D eigenvalue weighted by atomic mass is 35.5. The van der Waals surface area contributed by atoms with Crippen molar-refractivity contribution in [2.24, 2.45) is 5.41 Å². The molecule has 7 nitrogen and oxygen atoms in total. The number of alkyl halides is 2. The molecule has 1 aromatic heterocycles. The molecule has 2 heterocycles. The van der Waals surface area contributed by atoms with Crippen LogP contribution < -0.4 is 9.64 Å². The van der Waals surface area contributed by atoms with Crippen LogP contribution in [0.2, 0.25) is 5.02 Å². The van der Waals surface area contributed by atoms with Gasteiger partial charge in [0, 0.05) is 47.4 Å². The molecule has 6 rings (SSSR count). The van der Waals surface area contributed by atoms with E-state index in [9.17, 15) is 19.0 Å². The van der Waals surface area contributed by atoms with Gasteiger partial charge < -0.3 is 24.7 Å². The predicted octanol–water partition coefficient (Wildman–Crippen LogP) is 6.40. The summed E-state index contributed by atoms with van der Waals surface area (Å²) in [5.74, 6) is -5.05. The van der Waals surface area contributed by atoms with Gasteiger partial charge in [0.25, 0.3) is 5.92 Å². The van der Waals surface area contributed by atoms with E-state index in [1.807, 2.05) is 0 Å². The Morgan fingerprint density at radius 1 is 1.14 bits per heavy atom. The molecular weight excluding hydrogens is 588 g/mol. The fraction of sp³-hybridized carbons (Fsp3) is 0.419. The SMILES string of the molecule is CN(C)C[C@@]1(COc2nc(N3CCC[C@@](C)(O)C3)c3cc(F)c(-c4cc(O)cc5cccc(Cl)c45)c(F)c3n2)CC1(F)F. The first kappa shape index (κ1) is 29.7. The summed E-state index contributed by atoms with van der Waals surface area (Å²) in [4.78, 5) is 12.0. The zero-order chi connectivity index (χ0) is 30.9. The molecule has 0 amide bonds. The molecule has 3 aromatic carbocycles. The number of benzene rings is 3. The first-order valence-corrected chi connectivity index (χ1v) is 14.3. The van der Waals surface area contributed by atoms with Crippen molar-refractivity contribution in [2.75, 3.05) is 45.2 Å². The Labute approximate surface area is 250 Å². The van der Waals surface area contributed by atoms with Gasteiger partial charge in [0.05, 0.1) is 16.6 Å². The van der Waals surface area contributed by atoms with Crippen molar-refractivity contribution < 1.29 is 32.5 Å². The van der Waals surface area contributed by atoms with Crippen molar-refractivity contribution in [3.05, 3.63) is 53.1 Å². The van der Waals surface area contributed by atoms with Crippen LogP contribution in [0.4, 0.5) is 23.4 Å². The molecule has 43 heavy (non-hydrogen) atoms. The lowest BCUT2D eigenvalue weighted by molar-refractivity contribution is 0.0287. The van der Waals surface area contributed by atoms with Gasteiger partial charge in [0.1, 0.15) is 29.5 Å². The van der Waals surface area contributed by atoms with Gasteiger partial charge in [-0.15, -0.1) is 0 Å². The molecule has 12 heteroatoms. The van der Waals surface area contributed by atoms with E-state index in [1.165, 1.54) is 12.1 Å². The van der Waals surface area contributed by atoms with Crippen LogP contribution in [0.15, 0.2) is 36.4 Å². The number of phenolic OH excluding ortho intramolecular Hbond substituents is 1. The molecule has 1 aliphatic heterocycles. The number of hydrogen-bond donors (Lipinski definition) is 2. The number of hydrogen-bond acceptors (Lipinski definition) is 7. The smallest absolute Gasteiger partial charge is 0.319 e. The predicted molar refractivity (Wildman–Crippen MR) is 157 cm³/mol. The molecule has 1 saturated carbocycles. The summed E-state index contributed by atoms with van der Waals surface area (Å²) in [6, 6.07) is 8.31. The maximum atomic E-state index is 16.6. The first-order valence-electron chi connectivity index (χ1n) is 13.9. The van der Waals surface area contributed by atoms with E-state index in [2.05, 4.69) is 9.97 Å². The van der Waals surface area contributed by atoms with Crippen molar-refractivity contribution in [1.82, 2.24) is 14.9 Å². The lowest BCUT2D eigenvalue weighted by Crippen LogP contribution is -2.46. The minimum Gasteiger partial charge on any atom is -0.508 e. The number of halogens is 5.